The van der Waals surface area contributed by atoms with Crippen LogP contribution in [0.15, 0.2) is 12.3 Å². The Bertz CT molecular complexity index is 504. The third-order valence-corrected chi connectivity index (χ3v) is 4.02. The van der Waals surface area contributed by atoms with Crippen LogP contribution in [0.2, 0.25) is 0 Å². The van der Waals surface area contributed by atoms with E-state index >= 15 is 0 Å². The second-order valence-electron chi connectivity index (χ2n) is 5.61. The van der Waals surface area contributed by atoms with Crippen LogP contribution < -0.4 is 10.2 Å². The van der Waals surface area contributed by atoms with Gasteiger partial charge in [-0.15, -0.1) is 0 Å². The number of anilines is 2. The summed E-state index contributed by atoms with van der Waals surface area (Å²) in [6, 6.07) is 1.88. The van der Waals surface area contributed by atoms with Gasteiger partial charge in [-0.2, -0.15) is 4.98 Å². The molecule has 3 rings (SSSR count). The first-order chi connectivity index (χ1) is 10.8. The SMILES string of the molecule is O=C1CCCN1CCCNc1ccnc(N2CCOCC2)n1. The van der Waals surface area contributed by atoms with Gasteiger partial charge in [0, 0.05) is 45.3 Å². The second-order valence-corrected chi connectivity index (χ2v) is 5.61. The zero-order valence-electron chi connectivity index (χ0n) is 12.8. The average Bonchev–Trinajstić information content (AvgIpc) is 2.98. The van der Waals surface area contributed by atoms with Crippen molar-refractivity contribution in [2.24, 2.45) is 0 Å². The number of rotatable bonds is 6. The van der Waals surface area contributed by atoms with E-state index in [0.29, 0.717) is 6.42 Å². The highest BCUT2D eigenvalue weighted by Gasteiger charge is 2.19. The maximum atomic E-state index is 11.5. The monoisotopic (exact) mass is 305 g/mol. The molecule has 3 heterocycles. The molecule has 7 heteroatoms. The van der Waals surface area contributed by atoms with Gasteiger partial charge in [-0.1, -0.05) is 0 Å². The van der Waals surface area contributed by atoms with Crippen molar-refractivity contribution in [2.45, 2.75) is 19.3 Å². The van der Waals surface area contributed by atoms with E-state index < -0.39 is 0 Å². The lowest BCUT2D eigenvalue weighted by molar-refractivity contribution is -0.127. The molecular weight excluding hydrogens is 282 g/mol. The highest BCUT2D eigenvalue weighted by Crippen LogP contribution is 2.13. The van der Waals surface area contributed by atoms with Crippen molar-refractivity contribution in [3.63, 3.8) is 0 Å². The number of likely N-dealkylation sites (tertiary alicyclic amines) is 1. The standard InChI is InChI=1S/C15H23N5O2/c21-14-3-1-7-19(14)8-2-5-16-13-4-6-17-15(18-13)20-9-11-22-12-10-20/h4,6H,1-3,5,7-12H2,(H,16,17,18). The number of aromatic nitrogens is 2. The summed E-state index contributed by atoms with van der Waals surface area (Å²) in [5.41, 5.74) is 0. The number of hydrogen-bond donors (Lipinski definition) is 1. The van der Waals surface area contributed by atoms with Crippen LogP contribution >= 0.6 is 0 Å². The molecule has 0 radical (unpaired) electrons. The molecule has 7 nitrogen and oxygen atoms in total. The Morgan fingerprint density at radius 3 is 2.91 bits per heavy atom. The Hall–Kier alpha value is -1.89. The number of nitrogens with zero attached hydrogens (tertiary/aromatic N) is 4. The van der Waals surface area contributed by atoms with Crippen molar-refractivity contribution in [2.75, 3.05) is 56.2 Å². The van der Waals surface area contributed by atoms with Crippen LogP contribution in [0.3, 0.4) is 0 Å². The number of carbonyl (C=O) groups excluding carboxylic acids is 1. The maximum absolute atomic E-state index is 11.5. The average molecular weight is 305 g/mol. The van der Waals surface area contributed by atoms with E-state index in [9.17, 15) is 4.79 Å². The molecule has 0 aliphatic carbocycles. The smallest absolute Gasteiger partial charge is 0.227 e. The number of morpholine rings is 1. The highest BCUT2D eigenvalue weighted by molar-refractivity contribution is 5.78. The molecule has 2 saturated heterocycles. The van der Waals surface area contributed by atoms with Crippen LogP contribution in [-0.4, -0.2) is 66.7 Å². The molecule has 0 atom stereocenters. The van der Waals surface area contributed by atoms with Gasteiger partial charge in [0.15, 0.2) is 0 Å². The van der Waals surface area contributed by atoms with Gasteiger partial charge < -0.3 is 19.9 Å². The van der Waals surface area contributed by atoms with E-state index in [1.165, 1.54) is 0 Å². The van der Waals surface area contributed by atoms with E-state index in [0.717, 1.165) is 70.5 Å². The van der Waals surface area contributed by atoms with Gasteiger partial charge in [0.1, 0.15) is 5.82 Å². The van der Waals surface area contributed by atoms with Crippen LogP contribution in [-0.2, 0) is 9.53 Å². The van der Waals surface area contributed by atoms with Crippen molar-refractivity contribution in [3.8, 4) is 0 Å². The molecule has 0 unspecified atom stereocenters. The predicted octanol–water partition coefficient (Wildman–Crippen LogP) is 0.738. The molecule has 1 N–H and O–H groups in total. The van der Waals surface area contributed by atoms with E-state index in [1.807, 2.05) is 11.0 Å². The topological polar surface area (TPSA) is 70.6 Å². The van der Waals surface area contributed by atoms with E-state index in [-0.39, 0.29) is 5.91 Å². The van der Waals surface area contributed by atoms with Crippen molar-refractivity contribution < 1.29 is 9.53 Å². The van der Waals surface area contributed by atoms with Gasteiger partial charge in [-0.3, -0.25) is 4.79 Å². The lowest BCUT2D eigenvalue weighted by Gasteiger charge is -2.26. The first kappa shape index (κ1) is 15.0. The van der Waals surface area contributed by atoms with Gasteiger partial charge in [-0.05, 0) is 18.9 Å². The van der Waals surface area contributed by atoms with E-state index in [4.69, 9.17) is 4.74 Å². The summed E-state index contributed by atoms with van der Waals surface area (Å²) in [4.78, 5) is 24.5. The quantitative estimate of drug-likeness (QED) is 0.782. The molecule has 0 saturated carbocycles. The molecule has 0 bridgehead atoms. The first-order valence-electron chi connectivity index (χ1n) is 8.00. The van der Waals surface area contributed by atoms with Crippen molar-refractivity contribution in [3.05, 3.63) is 12.3 Å². The largest absolute Gasteiger partial charge is 0.378 e. The third-order valence-electron chi connectivity index (χ3n) is 4.02. The number of nitrogens with one attached hydrogen (secondary N) is 1. The summed E-state index contributed by atoms with van der Waals surface area (Å²) in [5, 5.41) is 3.32. The Kier molecular flexibility index (Phi) is 5.05. The third kappa shape index (κ3) is 3.85. The predicted molar refractivity (Wildman–Crippen MR) is 84.0 cm³/mol. The van der Waals surface area contributed by atoms with Gasteiger partial charge in [0.2, 0.25) is 11.9 Å². The number of hydrogen-bond acceptors (Lipinski definition) is 6. The fourth-order valence-electron chi connectivity index (χ4n) is 2.79. The highest BCUT2D eigenvalue weighted by atomic mass is 16.5. The number of amides is 1. The lowest BCUT2D eigenvalue weighted by Crippen LogP contribution is -2.37. The summed E-state index contributed by atoms with van der Waals surface area (Å²) >= 11 is 0. The van der Waals surface area contributed by atoms with Crippen LogP contribution in [0, 0.1) is 0 Å². The fraction of sp³-hybridized carbons (Fsp3) is 0.667. The van der Waals surface area contributed by atoms with Gasteiger partial charge in [-0.25, -0.2) is 4.98 Å². The van der Waals surface area contributed by atoms with E-state index in [1.54, 1.807) is 6.20 Å². The van der Waals surface area contributed by atoms with Crippen molar-refractivity contribution in [1.82, 2.24) is 14.9 Å². The summed E-state index contributed by atoms with van der Waals surface area (Å²) in [6.45, 7) is 5.67. The molecule has 0 aromatic carbocycles. The lowest BCUT2D eigenvalue weighted by atomic mass is 10.4. The second kappa shape index (κ2) is 7.40. The maximum Gasteiger partial charge on any atom is 0.227 e. The van der Waals surface area contributed by atoms with Gasteiger partial charge >= 0.3 is 0 Å². The first-order valence-corrected chi connectivity index (χ1v) is 8.00. The Morgan fingerprint density at radius 2 is 2.14 bits per heavy atom. The van der Waals surface area contributed by atoms with Crippen LogP contribution in [0.1, 0.15) is 19.3 Å². The summed E-state index contributed by atoms with van der Waals surface area (Å²) < 4.78 is 5.34. The molecule has 1 amide bonds. The summed E-state index contributed by atoms with van der Waals surface area (Å²) in [7, 11) is 0. The minimum atomic E-state index is 0.289. The zero-order chi connectivity index (χ0) is 15.2. The Labute approximate surface area is 130 Å². The molecule has 22 heavy (non-hydrogen) atoms. The molecule has 1 aromatic heterocycles. The summed E-state index contributed by atoms with van der Waals surface area (Å²) in [5.74, 6) is 1.88. The molecule has 0 spiro atoms. The van der Waals surface area contributed by atoms with Gasteiger partial charge in [0.25, 0.3) is 0 Å². The van der Waals surface area contributed by atoms with Crippen LogP contribution in [0.5, 0.6) is 0 Å². The van der Waals surface area contributed by atoms with E-state index in [2.05, 4.69) is 20.2 Å². The minimum Gasteiger partial charge on any atom is -0.378 e. The Morgan fingerprint density at radius 1 is 1.27 bits per heavy atom. The Balaban J connectivity index is 1.45. The van der Waals surface area contributed by atoms with Crippen molar-refractivity contribution in [1.29, 1.82) is 0 Å². The van der Waals surface area contributed by atoms with Gasteiger partial charge in [0.05, 0.1) is 13.2 Å². The molecule has 2 fully saturated rings. The molecular formula is C15H23N5O2. The number of ether oxygens (including phenoxy) is 1. The molecule has 120 valence electrons. The van der Waals surface area contributed by atoms with Crippen LogP contribution in [0.4, 0.5) is 11.8 Å². The zero-order valence-corrected chi connectivity index (χ0v) is 12.8. The van der Waals surface area contributed by atoms with Crippen molar-refractivity contribution >= 4 is 17.7 Å². The fourth-order valence-corrected chi connectivity index (χ4v) is 2.79. The molecule has 1 aromatic rings. The minimum absolute atomic E-state index is 0.289. The molecule has 2 aliphatic heterocycles. The van der Waals surface area contributed by atoms with Crippen LogP contribution in [0.25, 0.3) is 0 Å². The summed E-state index contributed by atoms with van der Waals surface area (Å²) in [6.07, 6.45) is 4.43. The molecule has 2 aliphatic rings. The normalized spacial score (nSPS) is 18.8. The number of carbonyl (C=O) groups is 1.